The molecular formula is C23H28FN3O2. The summed E-state index contributed by atoms with van der Waals surface area (Å²) in [6, 6.07) is 14.3. The second kappa shape index (κ2) is 9.65. The van der Waals surface area contributed by atoms with Crippen LogP contribution >= 0.6 is 0 Å². The highest BCUT2D eigenvalue weighted by atomic mass is 19.1. The molecule has 5 nitrogen and oxygen atoms in total. The number of hydrogen-bond acceptors (Lipinski definition) is 3. The van der Waals surface area contributed by atoms with Gasteiger partial charge in [0.2, 0.25) is 11.8 Å². The third kappa shape index (κ3) is 5.01. The first-order valence-electron chi connectivity index (χ1n) is 10.1. The molecule has 1 heterocycles. The van der Waals surface area contributed by atoms with Crippen LogP contribution in [0, 0.1) is 11.7 Å². The van der Waals surface area contributed by atoms with Crippen molar-refractivity contribution in [2.45, 2.75) is 13.3 Å². The average Bonchev–Trinajstić information content (AvgIpc) is 2.88. The Hall–Kier alpha value is -2.73. The van der Waals surface area contributed by atoms with E-state index in [0.29, 0.717) is 38.2 Å². The van der Waals surface area contributed by atoms with Crippen molar-refractivity contribution in [2.24, 2.45) is 5.92 Å². The number of carbonyl (C=O) groups excluding carboxylic acids is 2. The summed E-state index contributed by atoms with van der Waals surface area (Å²) in [5.74, 6) is -0.433. The number of nitrogens with zero attached hydrogens (tertiary/aromatic N) is 2. The first-order chi connectivity index (χ1) is 14.0. The number of amides is 2. The third-order valence-electron chi connectivity index (χ3n) is 5.42. The van der Waals surface area contributed by atoms with Crippen LogP contribution < -0.4 is 5.32 Å². The van der Waals surface area contributed by atoms with E-state index in [1.54, 1.807) is 24.1 Å². The maximum Gasteiger partial charge on any atom is 0.236 e. The van der Waals surface area contributed by atoms with Crippen molar-refractivity contribution in [3.63, 3.8) is 0 Å². The summed E-state index contributed by atoms with van der Waals surface area (Å²) in [6.07, 6.45) is 0.552. The average molecular weight is 397 g/mol. The molecule has 2 amide bonds. The van der Waals surface area contributed by atoms with Gasteiger partial charge in [-0.1, -0.05) is 42.5 Å². The summed E-state index contributed by atoms with van der Waals surface area (Å²) < 4.78 is 14.0. The zero-order chi connectivity index (χ0) is 20.8. The van der Waals surface area contributed by atoms with Gasteiger partial charge in [-0.3, -0.25) is 9.59 Å². The van der Waals surface area contributed by atoms with E-state index in [2.05, 4.69) is 5.32 Å². The van der Waals surface area contributed by atoms with Gasteiger partial charge in [0.05, 0.1) is 12.5 Å². The van der Waals surface area contributed by atoms with Crippen molar-refractivity contribution in [3.8, 4) is 11.1 Å². The van der Waals surface area contributed by atoms with E-state index in [-0.39, 0.29) is 30.1 Å². The Morgan fingerprint density at radius 1 is 1.14 bits per heavy atom. The Kier molecular flexibility index (Phi) is 6.99. The first kappa shape index (κ1) is 21.0. The van der Waals surface area contributed by atoms with Crippen molar-refractivity contribution in [1.29, 1.82) is 0 Å². The van der Waals surface area contributed by atoms with Gasteiger partial charge >= 0.3 is 0 Å². The summed E-state index contributed by atoms with van der Waals surface area (Å²) in [7, 11) is 1.74. The highest BCUT2D eigenvalue weighted by Gasteiger charge is 2.31. The Morgan fingerprint density at radius 2 is 1.86 bits per heavy atom. The first-order valence-corrected chi connectivity index (χ1v) is 10.1. The quantitative estimate of drug-likeness (QED) is 0.815. The maximum absolute atomic E-state index is 14.0. The van der Waals surface area contributed by atoms with E-state index >= 15 is 0 Å². The monoisotopic (exact) mass is 397 g/mol. The van der Waals surface area contributed by atoms with Gasteiger partial charge in [-0.25, -0.2) is 4.39 Å². The predicted molar refractivity (Wildman–Crippen MR) is 112 cm³/mol. The van der Waals surface area contributed by atoms with Crippen LogP contribution in [-0.2, 0) is 16.0 Å². The molecule has 3 rings (SSSR count). The molecule has 2 aromatic rings. The Bertz CT molecular complexity index is 853. The van der Waals surface area contributed by atoms with E-state index in [0.717, 1.165) is 11.1 Å². The Balaban J connectivity index is 1.77. The normalized spacial score (nSPS) is 17.3. The molecule has 29 heavy (non-hydrogen) atoms. The van der Waals surface area contributed by atoms with Crippen molar-refractivity contribution in [2.75, 3.05) is 39.8 Å². The van der Waals surface area contributed by atoms with Crippen LogP contribution in [0.3, 0.4) is 0 Å². The number of carbonyl (C=O) groups is 2. The lowest BCUT2D eigenvalue weighted by Gasteiger charge is -2.23. The fourth-order valence-corrected chi connectivity index (χ4v) is 3.80. The van der Waals surface area contributed by atoms with E-state index in [1.807, 2.05) is 42.2 Å². The summed E-state index contributed by atoms with van der Waals surface area (Å²) in [5.41, 5.74) is 2.37. The minimum atomic E-state index is -0.280. The molecule has 0 saturated carbocycles. The number of hydrogen-bond donors (Lipinski definition) is 1. The largest absolute Gasteiger partial charge is 0.341 e. The van der Waals surface area contributed by atoms with E-state index < -0.39 is 0 Å². The van der Waals surface area contributed by atoms with Gasteiger partial charge in [-0.2, -0.15) is 0 Å². The van der Waals surface area contributed by atoms with Crippen LogP contribution in [-0.4, -0.2) is 61.4 Å². The lowest BCUT2D eigenvalue weighted by Crippen LogP contribution is -2.41. The van der Waals surface area contributed by atoms with Crippen molar-refractivity contribution in [1.82, 2.24) is 15.1 Å². The number of likely N-dealkylation sites (N-methyl/N-ethyl adjacent to an activating group) is 2. The highest BCUT2D eigenvalue weighted by molar-refractivity contribution is 5.83. The van der Waals surface area contributed by atoms with E-state index in [9.17, 15) is 14.0 Å². The molecule has 154 valence electrons. The SMILES string of the molecule is CCN1CCN(C(=O)CNC)C[C@@H](Cc2ccc(-c3ccccc3F)cc2)C1=O. The number of halogens is 1. The molecule has 0 aromatic heterocycles. The molecule has 1 fully saturated rings. The Morgan fingerprint density at radius 3 is 2.52 bits per heavy atom. The summed E-state index contributed by atoms with van der Waals surface area (Å²) >= 11 is 0. The summed E-state index contributed by atoms with van der Waals surface area (Å²) in [6.45, 7) is 4.41. The van der Waals surface area contributed by atoms with Crippen LogP contribution in [0.25, 0.3) is 11.1 Å². The molecular weight excluding hydrogens is 369 g/mol. The fourth-order valence-electron chi connectivity index (χ4n) is 3.80. The standard InChI is InChI=1S/C23H28FN3O2/c1-3-26-12-13-27(22(28)15-25-2)16-19(23(26)29)14-17-8-10-18(11-9-17)20-6-4-5-7-21(20)24/h4-11,19,25H,3,12-16H2,1-2H3/t19-/m1/s1. The van der Waals surface area contributed by atoms with Crippen molar-refractivity contribution < 1.29 is 14.0 Å². The highest BCUT2D eigenvalue weighted by Crippen LogP contribution is 2.24. The smallest absolute Gasteiger partial charge is 0.236 e. The molecule has 0 spiro atoms. The maximum atomic E-state index is 14.0. The van der Waals surface area contributed by atoms with Crippen molar-refractivity contribution >= 4 is 11.8 Å². The van der Waals surface area contributed by atoms with Crippen LogP contribution in [0.5, 0.6) is 0 Å². The van der Waals surface area contributed by atoms with Gasteiger partial charge in [0.1, 0.15) is 5.82 Å². The molecule has 0 bridgehead atoms. The lowest BCUT2D eigenvalue weighted by atomic mass is 9.95. The van der Waals surface area contributed by atoms with E-state index in [1.165, 1.54) is 6.07 Å². The molecule has 6 heteroatoms. The molecule has 0 aliphatic carbocycles. The molecule has 1 aliphatic rings. The molecule has 0 radical (unpaired) electrons. The van der Waals surface area contributed by atoms with Crippen LogP contribution in [0.4, 0.5) is 4.39 Å². The Labute approximate surface area is 171 Å². The second-order valence-electron chi connectivity index (χ2n) is 7.37. The fraction of sp³-hybridized carbons (Fsp3) is 0.391. The molecule has 1 saturated heterocycles. The molecule has 1 N–H and O–H groups in total. The predicted octanol–water partition coefficient (Wildman–Crippen LogP) is 2.56. The van der Waals surface area contributed by atoms with Crippen LogP contribution in [0.1, 0.15) is 12.5 Å². The van der Waals surface area contributed by atoms with Gasteiger partial charge in [0.15, 0.2) is 0 Å². The second-order valence-corrected chi connectivity index (χ2v) is 7.37. The molecule has 1 atom stereocenters. The topological polar surface area (TPSA) is 52.6 Å². The van der Waals surface area contributed by atoms with Gasteiger partial charge < -0.3 is 15.1 Å². The lowest BCUT2D eigenvalue weighted by molar-refractivity contribution is -0.134. The minimum absolute atomic E-state index is 0.0122. The third-order valence-corrected chi connectivity index (χ3v) is 5.42. The molecule has 0 unspecified atom stereocenters. The van der Waals surface area contributed by atoms with Crippen molar-refractivity contribution in [3.05, 3.63) is 59.9 Å². The van der Waals surface area contributed by atoms with Gasteiger partial charge in [0.25, 0.3) is 0 Å². The van der Waals surface area contributed by atoms with Crippen LogP contribution in [0.2, 0.25) is 0 Å². The summed E-state index contributed by atoms with van der Waals surface area (Å²) in [4.78, 5) is 28.9. The van der Waals surface area contributed by atoms with Crippen LogP contribution in [0.15, 0.2) is 48.5 Å². The van der Waals surface area contributed by atoms with Gasteiger partial charge in [-0.05, 0) is 37.6 Å². The summed E-state index contributed by atoms with van der Waals surface area (Å²) in [5, 5.41) is 2.89. The zero-order valence-electron chi connectivity index (χ0n) is 17.0. The number of nitrogens with one attached hydrogen (secondary N) is 1. The van der Waals surface area contributed by atoms with E-state index in [4.69, 9.17) is 0 Å². The minimum Gasteiger partial charge on any atom is -0.341 e. The number of benzene rings is 2. The van der Waals surface area contributed by atoms with Gasteiger partial charge in [-0.15, -0.1) is 0 Å². The van der Waals surface area contributed by atoms with Gasteiger partial charge in [0, 0.05) is 31.7 Å². The number of rotatable bonds is 6. The molecule has 2 aromatic carbocycles. The zero-order valence-corrected chi connectivity index (χ0v) is 17.0. The molecule has 1 aliphatic heterocycles.